The van der Waals surface area contributed by atoms with Gasteiger partial charge in [-0.2, -0.15) is 0 Å². The first-order valence-corrected chi connectivity index (χ1v) is 9.36. The van der Waals surface area contributed by atoms with Crippen LogP contribution in [0.5, 0.6) is 0 Å². The second kappa shape index (κ2) is 6.26. The number of carbonyl (C=O) groups is 1. The fraction of sp³-hybridized carbons (Fsp3) is 0.476. The molecule has 1 amide bonds. The first-order valence-electron chi connectivity index (χ1n) is 9.36. The number of likely N-dealkylation sites (tertiary alicyclic amines) is 1. The Morgan fingerprint density at radius 2 is 2.25 bits per heavy atom. The number of nitrogens with zero attached hydrogens (tertiary/aromatic N) is 3. The predicted molar refractivity (Wildman–Crippen MR) is 106 cm³/mol. The summed E-state index contributed by atoms with van der Waals surface area (Å²) in [5.74, 6) is 3.32. The second-order valence-electron chi connectivity index (χ2n) is 8.60. The summed E-state index contributed by atoms with van der Waals surface area (Å²) in [7, 11) is 0. The summed E-state index contributed by atoms with van der Waals surface area (Å²) < 4.78 is 5.64. The van der Waals surface area contributed by atoms with Crippen molar-refractivity contribution >= 4 is 22.8 Å². The van der Waals surface area contributed by atoms with Crippen molar-refractivity contribution in [3.05, 3.63) is 29.6 Å². The van der Waals surface area contributed by atoms with Crippen LogP contribution in [0, 0.1) is 12.3 Å². The van der Waals surface area contributed by atoms with Crippen LogP contribution in [0.3, 0.4) is 0 Å². The average Bonchev–Trinajstić information content (AvgIpc) is 3.29. The topological polar surface area (TPSA) is 79.8 Å². The summed E-state index contributed by atoms with van der Waals surface area (Å²) in [6.45, 7) is 7.90. The van der Waals surface area contributed by atoms with E-state index in [2.05, 4.69) is 16.1 Å². The molecule has 0 saturated carbocycles. The maximum absolute atomic E-state index is 12.9. The van der Waals surface area contributed by atoms with E-state index in [-0.39, 0.29) is 12.1 Å². The minimum atomic E-state index is -0.587. The minimum absolute atomic E-state index is 0.294. The van der Waals surface area contributed by atoms with E-state index in [9.17, 15) is 4.79 Å². The molecule has 4 rings (SSSR count). The van der Waals surface area contributed by atoms with Crippen molar-refractivity contribution < 1.29 is 14.4 Å². The van der Waals surface area contributed by atoms with E-state index in [1.165, 1.54) is 0 Å². The number of oxime groups is 1. The van der Waals surface area contributed by atoms with E-state index in [0.29, 0.717) is 25.2 Å². The molecule has 3 heterocycles. The molecule has 7 heteroatoms. The van der Waals surface area contributed by atoms with Crippen molar-refractivity contribution in [3.63, 3.8) is 0 Å². The highest BCUT2D eigenvalue weighted by Crippen LogP contribution is 2.44. The van der Waals surface area contributed by atoms with Crippen molar-refractivity contribution in [1.82, 2.24) is 14.9 Å². The number of nitrogens with one attached hydrogen (secondary N) is 1. The summed E-state index contributed by atoms with van der Waals surface area (Å²) in [5.41, 5.74) is 2.22. The number of H-pyrrole nitrogens is 1. The fourth-order valence-corrected chi connectivity index (χ4v) is 3.88. The van der Waals surface area contributed by atoms with Crippen molar-refractivity contribution in [2.75, 3.05) is 6.54 Å². The summed E-state index contributed by atoms with van der Waals surface area (Å²) in [6.07, 6.45) is 6.39. The van der Waals surface area contributed by atoms with Gasteiger partial charge in [0.1, 0.15) is 11.4 Å². The highest BCUT2D eigenvalue weighted by Gasteiger charge is 2.53. The third-order valence-corrected chi connectivity index (χ3v) is 4.98. The largest absolute Gasteiger partial charge is 0.444 e. The maximum atomic E-state index is 12.9. The molecular formula is C21H24N4O3. The van der Waals surface area contributed by atoms with Gasteiger partial charge >= 0.3 is 6.09 Å². The first kappa shape index (κ1) is 18.4. The van der Waals surface area contributed by atoms with Gasteiger partial charge in [0.25, 0.3) is 0 Å². The Morgan fingerprint density at radius 3 is 2.89 bits per heavy atom. The number of imidazole rings is 1. The smallest absolute Gasteiger partial charge is 0.411 e. The van der Waals surface area contributed by atoms with Crippen LogP contribution in [0.25, 0.3) is 11.0 Å². The second-order valence-corrected chi connectivity index (χ2v) is 8.60. The number of fused-ring (bicyclic) bond motifs is 1. The number of hydrogen-bond acceptors (Lipinski definition) is 5. The molecule has 0 bridgehead atoms. The number of aromatic nitrogens is 2. The summed E-state index contributed by atoms with van der Waals surface area (Å²) in [4.78, 5) is 28.4. The zero-order valence-electron chi connectivity index (χ0n) is 16.6. The molecule has 1 unspecified atom stereocenters. The molecule has 7 nitrogen and oxygen atoms in total. The van der Waals surface area contributed by atoms with Crippen LogP contribution in [-0.2, 0) is 9.57 Å². The van der Waals surface area contributed by atoms with Gasteiger partial charge in [0.15, 0.2) is 5.60 Å². The van der Waals surface area contributed by atoms with E-state index >= 15 is 0 Å². The van der Waals surface area contributed by atoms with E-state index in [1.807, 2.05) is 45.9 Å². The normalized spacial score (nSPS) is 24.3. The van der Waals surface area contributed by atoms with Gasteiger partial charge in [0.05, 0.1) is 29.3 Å². The first-order chi connectivity index (χ1) is 13.2. The minimum Gasteiger partial charge on any atom is -0.444 e. The molecule has 1 saturated heterocycles. The molecule has 1 N–H and O–H groups in total. The molecule has 1 aromatic heterocycles. The van der Waals surface area contributed by atoms with E-state index in [0.717, 1.165) is 22.3 Å². The van der Waals surface area contributed by atoms with Crippen LogP contribution in [0.1, 0.15) is 58.0 Å². The number of carbonyl (C=O) groups excluding carboxylic acids is 1. The highest BCUT2D eigenvalue weighted by atomic mass is 16.7. The van der Waals surface area contributed by atoms with Gasteiger partial charge in [-0.15, -0.1) is 6.42 Å². The lowest BCUT2D eigenvalue weighted by atomic mass is 9.94. The van der Waals surface area contributed by atoms with Gasteiger partial charge in [0.2, 0.25) is 0 Å². The van der Waals surface area contributed by atoms with E-state index in [1.54, 1.807) is 4.90 Å². The van der Waals surface area contributed by atoms with Crippen LogP contribution in [0.15, 0.2) is 23.4 Å². The van der Waals surface area contributed by atoms with Crippen molar-refractivity contribution in [3.8, 4) is 12.3 Å². The van der Waals surface area contributed by atoms with Gasteiger partial charge in [-0.1, -0.05) is 11.1 Å². The van der Waals surface area contributed by atoms with Gasteiger partial charge in [0, 0.05) is 18.4 Å². The number of ether oxygens (including phenoxy) is 1. The molecule has 1 fully saturated rings. The Balaban J connectivity index is 1.69. The van der Waals surface area contributed by atoms with Gasteiger partial charge in [-0.25, -0.2) is 9.78 Å². The van der Waals surface area contributed by atoms with Crippen LogP contribution < -0.4 is 0 Å². The van der Waals surface area contributed by atoms with Crippen molar-refractivity contribution in [2.24, 2.45) is 5.16 Å². The van der Waals surface area contributed by atoms with Crippen molar-refractivity contribution in [1.29, 1.82) is 0 Å². The Hall–Kier alpha value is -3.01. The van der Waals surface area contributed by atoms with Crippen LogP contribution in [-0.4, -0.2) is 44.4 Å². The molecule has 0 aliphatic carbocycles. The highest BCUT2D eigenvalue weighted by molar-refractivity contribution is 5.84. The van der Waals surface area contributed by atoms with Crippen LogP contribution in [0.2, 0.25) is 0 Å². The zero-order valence-corrected chi connectivity index (χ0v) is 16.6. The van der Waals surface area contributed by atoms with Crippen LogP contribution >= 0.6 is 0 Å². The number of amides is 1. The van der Waals surface area contributed by atoms with E-state index < -0.39 is 11.2 Å². The fourth-order valence-electron chi connectivity index (χ4n) is 3.88. The number of rotatable bonds is 1. The number of hydrogen-bond donors (Lipinski definition) is 1. The maximum Gasteiger partial charge on any atom is 0.411 e. The quantitative estimate of drug-likeness (QED) is 0.764. The number of benzene rings is 1. The summed E-state index contributed by atoms with van der Waals surface area (Å²) in [5, 5.41) is 4.12. The molecule has 2 aliphatic rings. The molecule has 146 valence electrons. The average molecular weight is 380 g/mol. The lowest BCUT2D eigenvalue weighted by molar-refractivity contribution is -0.0159. The molecule has 1 aromatic carbocycles. The third kappa shape index (κ3) is 3.31. The molecule has 1 spiro atoms. The molecule has 28 heavy (non-hydrogen) atoms. The van der Waals surface area contributed by atoms with E-state index in [4.69, 9.17) is 21.0 Å². The molecule has 2 atom stereocenters. The number of terminal acetylenes is 1. The lowest BCUT2D eigenvalue weighted by Gasteiger charge is -2.27. The standard InChI is InChI=1S/C21H24N4O3/c1-6-14-7-8-15-16(9-14)23-18(22-15)17-11-21(10-13(2)24-28-21)12-25(17)19(26)27-20(3,4)5/h1,7-9,17H,10-12H2,2-5H3,(H,22,23)/t17?,21-/m0/s1. The van der Waals surface area contributed by atoms with Crippen molar-refractivity contribution in [2.45, 2.75) is 57.8 Å². The van der Waals surface area contributed by atoms with Gasteiger partial charge < -0.3 is 14.6 Å². The Labute approximate surface area is 164 Å². The Bertz CT molecular complexity index is 1010. The predicted octanol–water partition coefficient (Wildman–Crippen LogP) is 3.76. The lowest BCUT2D eigenvalue weighted by Crippen LogP contribution is -2.40. The summed E-state index contributed by atoms with van der Waals surface area (Å²) >= 11 is 0. The molecular weight excluding hydrogens is 356 g/mol. The molecule has 2 aromatic rings. The Morgan fingerprint density at radius 1 is 1.46 bits per heavy atom. The number of aromatic amines is 1. The zero-order chi connectivity index (χ0) is 20.1. The van der Waals surface area contributed by atoms with Crippen LogP contribution in [0.4, 0.5) is 4.79 Å². The Kier molecular flexibility index (Phi) is 4.11. The van der Waals surface area contributed by atoms with Gasteiger partial charge in [-0.05, 0) is 45.9 Å². The van der Waals surface area contributed by atoms with Gasteiger partial charge in [-0.3, -0.25) is 4.90 Å². The molecule has 0 radical (unpaired) electrons. The monoisotopic (exact) mass is 380 g/mol. The third-order valence-electron chi connectivity index (χ3n) is 4.98. The SMILES string of the molecule is C#Cc1ccc2[nH]c(C3C[C@@]4(CC(C)=NO4)CN3C(=O)OC(C)(C)C)nc2c1. The summed E-state index contributed by atoms with van der Waals surface area (Å²) in [6, 6.07) is 5.33. The molecule has 2 aliphatic heterocycles.